The van der Waals surface area contributed by atoms with E-state index < -0.39 is 0 Å². The van der Waals surface area contributed by atoms with Crippen LogP contribution in [0.3, 0.4) is 0 Å². The minimum Gasteiger partial charge on any atom is -0.382 e. The predicted octanol–water partition coefficient (Wildman–Crippen LogP) is 2.69. The van der Waals surface area contributed by atoms with Crippen molar-refractivity contribution >= 4 is 21.4 Å². The van der Waals surface area contributed by atoms with E-state index in [1.165, 1.54) is 0 Å². The molecule has 110 valence electrons. The molecule has 0 aliphatic carbocycles. The maximum Gasteiger partial charge on any atom is 0.214 e. The Kier molecular flexibility index (Phi) is 4.42. The molecule has 21 heavy (non-hydrogen) atoms. The molecule has 0 aliphatic heterocycles. The topological polar surface area (TPSA) is 64.3 Å². The highest BCUT2D eigenvalue weighted by Gasteiger charge is 2.09. The number of imidazole rings is 1. The SMILES string of the molecule is CCOCCCNc1nn2cc(-c3cccnc3)nc2s1. The number of nitrogens with one attached hydrogen (secondary N) is 1. The molecule has 0 fully saturated rings. The van der Waals surface area contributed by atoms with Gasteiger partial charge in [0.05, 0.1) is 11.9 Å². The molecule has 6 nitrogen and oxygen atoms in total. The molecule has 0 aromatic carbocycles. The number of ether oxygens (including phenoxy) is 1. The summed E-state index contributed by atoms with van der Waals surface area (Å²) in [6.07, 6.45) is 6.45. The van der Waals surface area contributed by atoms with E-state index in [1.807, 2.05) is 25.3 Å². The maximum atomic E-state index is 5.30. The molecule has 0 atom stereocenters. The Bertz CT molecular complexity index is 662. The molecule has 1 N–H and O–H groups in total. The second kappa shape index (κ2) is 6.64. The van der Waals surface area contributed by atoms with Crippen molar-refractivity contribution in [3.05, 3.63) is 30.7 Å². The molecule has 3 heterocycles. The van der Waals surface area contributed by atoms with Crippen LogP contribution < -0.4 is 5.32 Å². The number of hydrogen-bond acceptors (Lipinski definition) is 6. The average molecular weight is 303 g/mol. The van der Waals surface area contributed by atoms with Gasteiger partial charge in [0.1, 0.15) is 0 Å². The molecule has 0 unspecified atom stereocenters. The second-order valence-corrected chi connectivity index (χ2v) is 5.44. The molecule has 3 rings (SSSR count). The highest BCUT2D eigenvalue weighted by atomic mass is 32.1. The number of fused-ring (bicyclic) bond motifs is 1. The zero-order chi connectivity index (χ0) is 14.5. The molecule has 3 aromatic rings. The summed E-state index contributed by atoms with van der Waals surface area (Å²) in [5.74, 6) is 0. The molecule has 0 spiro atoms. The highest BCUT2D eigenvalue weighted by Crippen LogP contribution is 2.23. The number of anilines is 1. The Morgan fingerprint density at radius 1 is 1.43 bits per heavy atom. The Hall–Kier alpha value is -1.99. The van der Waals surface area contributed by atoms with Gasteiger partial charge in [-0.25, -0.2) is 9.50 Å². The molecular weight excluding hydrogens is 286 g/mol. The lowest BCUT2D eigenvalue weighted by atomic mass is 10.2. The molecule has 0 bridgehead atoms. The summed E-state index contributed by atoms with van der Waals surface area (Å²) in [5.41, 5.74) is 1.89. The van der Waals surface area contributed by atoms with Gasteiger partial charge >= 0.3 is 0 Å². The van der Waals surface area contributed by atoms with Crippen molar-refractivity contribution in [2.45, 2.75) is 13.3 Å². The first-order valence-corrected chi connectivity index (χ1v) is 7.76. The lowest BCUT2D eigenvalue weighted by Gasteiger charge is -2.01. The van der Waals surface area contributed by atoms with Crippen LogP contribution >= 0.6 is 11.3 Å². The fraction of sp³-hybridized carbons (Fsp3) is 0.357. The minimum atomic E-state index is 0.766. The van der Waals surface area contributed by atoms with Gasteiger partial charge in [0, 0.05) is 37.7 Å². The van der Waals surface area contributed by atoms with Crippen LogP contribution in [0.2, 0.25) is 0 Å². The predicted molar refractivity (Wildman–Crippen MR) is 83.7 cm³/mol. The van der Waals surface area contributed by atoms with Gasteiger partial charge in [0.15, 0.2) is 0 Å². The second-order valence-electron chi connectivity index (χ2n) is 4.48. The van der Waals surface area contributed by atoms with E-state index in [4.69, 9.17) is 4.74 Å². The Morgan fingerprint density at radius 2 is 2.38 bits per heavy atom. The van der Waals surface area contributed by atoms with Gasteiger partial charge in [0.2, 0.25) is 10.1 Å². The standard InChI is InChI=1S/C14H17N5OS/c1-2-20-8-4-7-16-13-18-19-10-12(17-14(19)21-13)11-5-3-6-15-9-11/h3,5-6,9-10H,2,4,7-8H2,1H3,(H,16,18). The number of nitrogens with zero attached hydrogens (tertiary/aromatic N) is 4. The van der Waals surface area contributed by atoms with Crippen LogP contribution in [0, 0.1) is 0 Å². The van der Waals surface area contributed by atoms with Gasteiger partial charge in [0.25, 0.3) is 0 Å². The van der Waals surface area contributed by atoms with Crippen LogP contribution in [0.1, 0.15) is 13.3 Å². The van der Waals surface area contributed by atoms with Crippen molar-refractivity contribution in [3.8, 4) is 11.3 Å². The summed E-state index contributed by atoms with van der Waals surface area (Å²) in [6, 6.07) is 3.90. The first-order valence-electron chi connectivity index (χ1n) is 6.95. The summed E-state index contributed by atoms with van der Waals surface area (Å²) in [4.78, 5) is 9.56. The van der Waals surface area contributed by atoms with E-state index in [1.54, 1.807) is 28.2 Å². The smallest absolute Gasteiger partial charge is 0.214 e. The lowest BCUT2D eigenvalue weighted by molar-refractivity contribution is 0.147. The summed E-state index contributed by atoms with van der Waals surface area (Å²) >= 11 is 1.54. The third-order valence-corrected chi connectivity index (χ3v) is 3.83. The van der Waals surface area contributed by atoms with Crippen molar-refractivity contribution in [3.63, 3.8) is 0 Å². The third kappa shape index (κ3) is 3.37. The van der Waals surface area contributed by atoms with E-state index in [2.05, 4.69) is 20.4 Å². The van der Waals surface area contributed by atoms with Crippen molar-refractivity contribution in [2.75, 3.05) is 25.1 Å². The van der Waals surface area contributed by atoms with E-state index in [9.17, 15) is 0 Å². The van der Waals surface area contributed by atoms with Crippen LogP contribution in [0.4, 0.5) is 5.13 Å². The van der Waals surface area contributed by atoms with E-state index in [-0.39, 0.29) is 0 Å². The Balaban J connectivity index is 1.64. The maximum absolute atomic E-state index is 5.30. The first kappa shape index (κ1) is 14.0. The van der Waals surface area contributed by atoms with E-state index >= 15 is 0 Å². The van der Waals surface area contributed by atoms with Crippen molar-refractivity contribution in [2.24, 2.45) is 0 Å². The zero-order valence-electron chi connectivity index (χ0n) is 11.8. The molecule has 3 aromatic heterocycles. The highest BCUT2D eigenvalue weighted by molar-refractivity contribution is 7.20. The largest absolute Gasteiger partial charge is 0.382 e. The van der Waals surface area contributed by atoms with Gasteiger partial charge in [-0.2, -0.15) is 0 Å². The van der Waals surface area contributed by atoms with Crippen LogP contribution in [-0.4, -0.2) is 39.3 Å². The third-order valence-electron chi connectivity index (χ3n) is 2.95. The molecule has 0 aliphatic rings. The van der Waals surface area contributed by atoms with Crippen LogP contribution in [0.25, 0.3) is 16.2 Å². The number of aromatic nitrogens is 4. The van der Waals surface area contributed by atoms with Gasteiger partial charge in [-0.15, -0.1) is 5.10 Å². The van der Waals surface area contributed by atoms with E-state index in [0.717, 1.165) is 47.5 Å². The fourth-order valence-corrected chi connectivity index (χ4v) is 2.75. The molecule has 0 amide bonds. The molecule has 0 saturated carbocycles. The minimum absolute atomic E-state index is 0.766. The van der Waals surface area contributed by atoms with Crippen LogP contribution in [0.5, 0.6) is 0 Å². The van der Waals surface area contributed by atoms with Gasteiger partial charge in [-0.3, -0.25) is 4.98 Å². The van der Waals surface area contributed by atoms with Crippen molar-refractivity contribution < 1.29 is 4.74 Å². The Morgan fingerprint density at radius 3 is 3.14 bits per heavy atom. The summed E-state index contributed by atoms with van der Waals surface area (Å²) in [6.45, 7) is 4.40. The van der Waals surface area contributed by atoms with Crippen LogP contribution in [0.15, 0.2) is 30.7 Å². The fourth-order valence-electron chi connectivity index (χ4n) is 1.94. The molecule has 7 heteroatoms. The monoisotopic (exact) mass is 303 g/mol. The summed E-state index contributed by atoms with van der Waals surface area (Å²) in [5, 5.41) is 8.65. The lowest BCUT2D eigenvalue weighted by Crippen LogP contribution is -2.05. The summed E-state index contributed by atoms with van der Waals surface area (Å²) < 4.78 is 7.10. The summed E-state index contributed by atoms with van der Waals surface area (Å²) in [7, 11) is 0. The van der Waals surface area contributed by atoms with Gasteiger partial charge in [-0.1, -0.05) is 11.3 Å². The quantitative estimate of drug-likeness (QED) is 0.680. The molecular formula is C14H17N5OS. The van der Waals surface area contributed by atoms with E-state index in [0.29, 0.717) is 0 Å². The van der Waals surface area contributed by atoms with Gasteiger partial charge < -0.3 is 10.1 Å². The molecule has 0 saturated heterocycles. The van der Waals surface area contributed by atoms with Crippen molar-refractivity contribution in [1.29, 1.82) is 0 Å². The van der Waals surface area contributed by atoms with Gasteiger partial charge in [-0.05, 0) is 25.5 Å². The number of hydrogen-bond donors (Lipinski definition) is 1. The normalized spacial score (nSPS) is 11.1. The van der Waals surface area contributed by atoms with Crippen LogP contribution in [-0.2, 0) is 4.74 Å². The average Bonchev–Trinajstić information content (AvgIpc) is 3.06. The van der Waals surface area contributed by atoms with Crippen molar-refractivity contribution in [1.82, 2.24) is 19.6 Å². The Labute approximate surface area is 126 Å². The first-order chi connectivity index (χ1) is 10.4. The molecule has 0 radical (unpaired) electrons. The number of rotatable bonds is 7. The number of pyridine rings is 1. The zero-order valence-corrected chi connectivity index (χ0v) is 12.6.